The van der Waals surface area contributed by atoms with Crippen LogP contribution >= 0.6 is 0 Å². The van der Waals surface area contributed by atoms with E-state index >= 15 is 0 Å². The first kappa shape index (κ1) is 15.5. The molecule has 0 bridgehead atoms. The summed E-state index contributed by atoms with van der Waals surface area (Å²) in [7, 11) is 1.50. The molecule has 0 saturated heterocycles. The lowest BCUT2D eigenvalue weighted by atomic mass is 10.1. The van der Waals surface area contributed by atoms with Crippen molar-refractivity contribution in [2.45, 2.75) is 31.7 Å². The summed E-state index contributed by atoms with van der Waals surface area (Å²) < 4.78 is 20.7. The van der Waals surface area contributed by atoms with Crippen molar-refractivity contribution < 1.29 is 9.13 Å². The Hall–Kier alpha value is -3.01. The number of methoxy groups -OCH3 is 1. The number of imidazole rings is 1. The van der Waals surface area contributed by atoms with Crippen LogP contribution < -0.4 is 10.1 Å². The number of nitrogens with one attached hydrogen (secondary N) is 2. The molecule has 0 radical (unpaired) electrons. The first-order valence-corrected chi connectivity index (χ1v) is 8.31. The fourth-order valence-corrected chi connectivity index (χ4v) is 3.45. The third kappa shape index (κ3) is 2.60. The molecule has 2 N–H and O–H groups in total. The van der Waals surface area contributed by atoms with Crippen molar-refractivity contribution in [1.29, 1.82) is 5.26 Å². The van der Waals surface area contributed by atoms with Crippen LogP contribution in [-0.2, 0) is 0 Å². The fraction of sp³-hybridized carbons (Fsp3) is 0.333. The second kappa shape index (κ2) is 6.13. The highest BCUT2D eigenvalue weighted by atomic mass is 19.1. The molecule has 0 unspecified atom stereocenters. The predicted octanol–water partition coefficient (Wildman–Crippen LogP) is 3.70. The maximum Gasteiger partial charge on any atom is 0.173 e. The maximum absolute atomic E-state index is 13.6. The van der Waals surface area contributed by atoms with Gasteiger partial charge in [-0.25, -0.2) is 13.9 Å². The van der Waals surface area contributed by atoms with Crippen LogP contribution in [-0.4, -0.2) is 27.7 Å². The smallest absolute Gasteiger partial charge is 0.173 e. The van der Waals surface area contributed by atoms with Crippen molar-refractivity contribution in [2.75, 3.05) is 12.4 Å². The van der Waals surface area contributed by atoms with Crippen molar-refractivity contribution in [3.05, 3.63) is 35.8 Å². The van der Waals surface area contributed by atoms with Crippen molar-refractivity contribution >= 4 is 11.5 Å². The Bertz CT molecular complexity index is 962. The maximum atomic E-state index is 13.6. The first-order valence-electron chi connectivity index (χ1n) is 8.31. The lowest BCUT2D eigenvalue weighted by Crippen LogP contribution is -2.16. The minimum atomic E-state index is -0.367. The summed E-state index contributed by atoms with van der Waals surface area (Å²) in [4.78, 5) is 4.64. The van der Waals surface area contributed by atoms with Gasteiger partial charge in [-0.1, -0.05) is 12.8 Å². The molecule has 1 aliphatic carbocycles. The van der Waals surface area contributed by atoms with Crippen LogP contribution in [0.1, 0.15) is 31.2 Å². The Kier molecular flexibility index (Phi) is 3.80. The van der Waals surface area contributed by atoms with E-state index in [0.717, 1.165) is 18.7 Å². The minimum absolute atomic E-state index is 0.360. The number of anilines is 1. The number of benzene rings is 1. The van der Waals surface area contributed by atoms with Gasteiger partial charge in [0.25, 0.3) is 0 Å². The topological polar surface area (TPSA) is 78.1 Å². The lowest BCUT2D eigenvalue weighted by Gasteiger charge is -2.15. The molecule has 4 rings (SSSR count). The quantitative estimate of drug-likeness (QED) is 0.760. The number of ether oxygens (including phenoxy) is 1. The highest BCUT2D eigenvalue weighted by molar-refractivity contribution is 5.81. The van der Waals surface area contributed by atoms with Crippen LogP contribution in [0.2, 0.25) is 0 Å². The number of hydrogen-bond donors (Lipinski definition) is 2. The molecule has 3 aromatic rings. The SMILES string of the molecule is COc1cc(F)ccc1-c1nc2c(C#N)c[nH]n2c1NC1CCCC1. The van der Waals surface area contributed by atoms with Gasteiger partial charge in [0.15, 0.2) is 11.5 Å². The molecule has 1 fully saturated rings. The van der Waals surface area contributed by atoms with E-state index in [1.54, 1.807) is 16.8 Å². The summed E-state index contributed by atoms with van der Waals surface area (Å²) in [6.07, 6.45) is 6.22. The third-order valence-corrected chi connectivity index (χ3v) is 4.69. The van der Waals surface area contributed by atoms with Crippen molar-refractivity contribution in [1.82, 2.24) is 14.6 Å². The molecule has 1 aliphatic rings. The Labute approximate surface area is 144 Å². The molecule has 1 aromatic carbocycles. The molecule has 0 amide bonds. The van der Waals surface area contributed by atoms with Gasteiger partial charge < -0.3 is 10.1 Å². The highest BCUT2D eigenvalue weighted by Crippen LogP contribution is 2.37. The highest BCUT2D eigenvalue weighted by Gasteiger charge is 2.24. The zero-order chi connectivity index (χ0) is 17.4. The summed E-state index contributed by atoms with van der Waals surface area (Å²) >= 11 is 0. The van der Waals surface area contributed by atoms with Gasteiger partial charge in [0.1, 0.15) is 28.9 Å². The number of aromatic nitrogens is 3. The van der Waals surface area contributed by atoms with Gasteiger partial charge in [-0.2, -0.15) is 5.26 Å². The molecule has 1 saturated carbocycles. The number of hydrogen-bond acceptors (Lipinski definition) is 4. The molecular formula is C18H18FN5O. The number of halogens is 1. The van der Waals surface area contributed by atoms with E-state index < -0.39 is 0 Å². The molecule has 0 spiro atoms. The summed E-state index contributed by atoms with van der Waals surface area (Å²) in [5.41, 5.74) is 2.34. The molecule has 0 aliphatic heterocycles. The summed E-state index contributed by atoms with van der Waals surface area (Å²) in [5, 5.41) is 15.9. The average Bonchev–Trinajstić information content (AvgIpc) is 3.33. The second-order valence-electron chi connectivity index (χ2n) is 6.24. The molecule has 25 heavy (non-hydrogen) atoms. The molecule has 2 heterocycles. The largest absolute Gasteiger partial charge is 0.496 e. The van der Waals surface area contributed by atoms with E-state index in [1.807, 2.05) is 0 Å². The Morgan fingerprint density at radius 1 is 1.40 bits per heavy atom. The number of nitriles is 1. The van der Waals surface area contributed by atoms with Gasteiger partial charge in [-0.05, 0) is 25.0 Å². The standard InChI is InChI=1S/C18H18FN5O/c1-25-15-8-12(19)6-7-14(15)16-18(22-13-4-2-3-5-13)24-17(23-16)11(9-20)10-21-24/h6-8,10,13,21-22H,2-5H2,1H3. The van der Waals surface area contributed by atoms with Crippen molar-refractivity contribution in [3.63, 3.8) is 0 Å². The van der Waals surface area contributed by atoms with E-state index in [1.165, 1.54) is 32.1 Å². The number of aromatic amines is 1. The van der Waals surface area contributed by atoms with Gasteiger partial charge in [0.05, 0.1) is 7.11 Å². The molecule has 128 valence electrons. The van der Waals surface area contributed by atoms with Gasteiger partial charge in [0.2, 0.25) is 0 Å². The van der Waals surface area contributed by atoms with E-state index in [4.69, 9.17) is 4.74 Å². The second-order valence-corrected chi connectivity index (χ2v) is 6.24. The summed E-state index contributed by atoms with van der Waals surface area (Å²) in [6.45, 7) is 0. The monoisotopic (exact) mass is 339 g/mol. The van der Waals surface area contributed by atoms with Gasteiger partial charge in [-0.15, -0.1) is 0 Å². The predicted molar refractivity (Wildman–Crippen MR) is 92.1 cm³/mol. The average molecular weight is 339 g/mol. The van der Waals surface area contributed by atoms with Crippen LogP contribution in [0.25, 0.3) is 16.9 Å². The zero-order valence-corrected chi connectivity index (χ0v) is 13.8. The zero-order valence-electron chi connectivity index (χ0n) is 13.8. The number of nitrogens with zero attached hydrogens (tertiary/aromatic N) is 3. The van der Waals surface area contributed by atoms with E-state index in [-0.39, 0.29) is 5.82 Å². The van der Waals surface area contributed by atoms with E-state index in [2.05, 4.69) is 21.5 Å². The number of rotatable bonds is 4. The van der Waals surface area contributed by atoms with Gasteiger partial charge in [0, 0.05) is 23.9 Å². The molecule has 6 nitrogen and oxygen atoms in total. The molecular weight excluding hydrogens is 321 g/mol. The number of H-pyrrole nitrogens is 1. The minimum Gasteiger partial charge on any atom is -0.496 e. The lowest BCUT2D eigenvalue weighted by molar-refractivity contribution is 0.413. The Morgan fingerprint density at radius 3 is 2.92 bits per heavy atom. The fourth-order valence-electron chi connectivity index (χ4n) is 3.45. The van der Waals surface area contributed by atoms with Crippen LogP contribution in [0.4, 0.5) is 10.2 Å². The van der Waals surface area contributed by atoms with Crippen molar-refractivity contribution in [3.8, 4) is 23.1 Å². The van der Waals surface area contributed by atoms with Crippen LogP contribution in [0.3, 0.4) is 0 Å². The number of fused-ring (bicyclic) bond motifs is 1. The first-order chi connectivity index (χ1) is 12.2. The van der Waals surface area contributed by atoms with E-state index in [9.17, 15) is 9.65 Å². The van der Waals surface area contributed by atoms with Crippen LogP contribution in [0.15, 0.2) is 24.4 Å². The molecule has 7 heteroatoms. The van der Waals surface area contributed by atoms with Crippen molar-refractivity contribution in [2.24, 2.45) is 0 Å². The van der Waals surface area contributed by atoms with E-state index in [0.29, 0.717) is 34.3 Å². The van der Waals surface area contributed by atoms with Gasteiger partial charge in [-0.3, -0.25) is 5.10 Å². The van der Waals surface area contributed by atoms with Gasteiger partial charge >= 0.3 is 0 Å². The normalized spacial score (nSPS) is 14.8. The molecule has 0 atom stereocenters. The summed E-state index contributed by atoms with van der Waals surface area (Å²) in [5.74, 6) is 0.815. The third-order valence-electron chi connectivity index (χ3n) is 4.69. The van der Waals surface area contributed by atoms with Crippen LogP contribution in [0, 0.1) is 17.1 Å². The summed E-state index contributed by atoms with van der Waals surface area (Å²) in [6, 6.07) is 6.88. The van der Waals surface area contributed by atoms with Crippen LogP contribution in [0.5, 0.6) is 5.75 Å². The Balaban J connectivity index is 1.90. The Morgan fingerprint density at radius 2 is 2.20 bits per heavy atom. The molecule has 2 aromatic heterocycles.